The van der Waals surface area contributed by atoms with Crippen LogP contribution in [0.1, 0.15) is 0 Å². The Morgan fingerprint density at radius 1 is 1.38 bits per heavy atom. The molecule has 13 heavy (non-hydrogen) atoms. The molecule has 0 atom stereocenters. The first-order chi connectivity index (χ1) is 6.24. The summed E-state index contributed by atoms with van der Waals surface area (Å²) in [5, 5.41) is 8.25. The number of rotatable bonds is 1. The molecule has 1 nitrogen and oxygen atoms in total. The van der Waals surface area contributed by atoms with E-state index >= 15 is 0 Å². The van der Waals surface area contributed by atoms with Crippen molar-refractivity contribution < 1.29 is 0 Å². The first-order valence-electron chi connectivity index (χ1n) is 3.29. The van der Waals surface area contributed by atoms with Gasteiger partial charge in [-0.2, -0.15) is 5.26 Å². The van der Waals surface area contributed by atoms with E-state index in [1.165, 1.54) is 17.1 Å². The minimum absolute atomic E-state index is 0.740. The van der Waals surface area contributed by atoms with E-state index in [4.69, 9.17) is 27.5 Å². The van der Waals surface area contributed by atoms with Gasteiger partial charge in [-0.1, -0.05) is 18.2 Å². The standard InChI is InChI=1S/C6H4Cl2S.C3H3N/c7-5-1-3-6(9-8)4-2-5;1-2-3-4/h1-4H;2H,1H2. The Kier molecular flexibility index (Phi) is 7.62. The molecule has 1 aromatic carbocycles. The zero-order valence-corrected chi connectivity index (χ0v) is 9.03. The van der Waals surface area contributed by atoms with Gasteiger partial charge in [0.25, 0.3) is 0 Å². The highest BCUT2D eigenvalue weighted by atomic mass is 35.7. The van der Waals surface area contributed by atoms with Crippen LogP contribution in [0.3, 0.4) is 0 Å². The summed E-state index contributed by atoms with van der Waals surface area (Å²) in [6, 6.07) is 9.07. The van der Waals surface area contributed by atoms with Crippen LogP contribution in [0.2, 0.25) is 5.02 Å². The maximum Gasteiger partial charge on any atom is 0.0905 e. The second kappa shape index (κ2) is 8.00. The molecule has 0 fully saturated rings. The van der Waals surface area contributed by atoms with Crippen LogP contribution in [-0.4, -0.2) is 0 Å². The van der Waals surface area contributed by atoms with Gasteiger partial charge in [0.15, 0.2) is 0 Å². The summed E-state index contributed by atoms with van der Waals surface area (Å²) in [7, 11) is 6.64. The predicted octanol–water partition coefficient (Wildman–Crippen LogP) is 4.28. The number of hydrogen-bond acceptors (Lipinski definition) is 2. The average Bonchev–Trinajstić information content (AvgIpc) is 2.19. The van der Waals surface area contributed by atoms with Crippen LogP contribution in [0.25, 0.3) is 0 Å². The minimum Gasteiger partial charge on any atom is -0.193 e. The molecule has 1 rings (SSSR count). The van der Waals surface area contributed by atoms with E-state index < -0.39 is 0 Å². The summed E-state index contributed by atoms with van der Waals surface area (Å²) in [5.74, 6) is 0. The molecular weight excluding hydrogens is 225 g/mol. The third-order valence-corrected chi connectivity index (χ3v) is 2.23. The van der Waals surface area contributed by atoms with Gasteiger partial charge >= 0.3 is 0 Å². The predicted molar refractivity (Wildman–Crippen MR) is 59.0 cm³/mol. The molecule has 0 unspecified atom stereocenters. The molecule has 0 spiro atoms. The van der Waals surface area contributed by atoms with Crippen LogP contribution in [0, 0.1) is 11.3 Å². The lowest BCUT2D eigenvalue weighted by molar-refractivity contribution is 1.48. The van der Waals surface area contributed by atoms with Gasteiger partial charge in [-0.25, -0.2) is 0 Å². The Morgan fingerprint density at radius 2 is 1.85 bits per heavy atom. The number of nitrogens with zero attached hydrogens (tertiary/aromatic N) is 1. The van der Waals surface area contributed by atoms with Crippen molar-refractivity contribution in [2.24, 2.45) is 0 Å². The second-order valence-corrected chi connectivity index (χ2v) is 3.39. The molecule has 0 saturated heterocycles. The number of nitriles is 1. The Balaban J connectivity index is 0.000000310. The van der Waals surface area contributed by atoms with Crippen molar-refractivity contribution in [3.63, 3.8) is 0 Å². The zero-order chi connectivity index (χ0) is 10.1. The molecule has 0 saturated carbocycles. The van der Waals surface area contributed by atoms with E-state index in [1.54, 1.807) is 6.07 Å². The highest BCUT2D eigenvalue weighted by Gasteiger charge is 1.88. The zero-order valence-electron chi connectivity index (χ0n) is 6.71. The van der Waals surface area contributed by atoms with Crippen molar-refractivity contribution in [2.45, 2.75) is 4.90 Å². The van der Waals surface area contributed by atoms with Crippen LogP contribution in [0.15, 0.2) is 41.8 Å². The molecule has 0 aliphatic rings. The van der Waals surface area contributed by atoms with E-state index in [1.807, 2.05) is 24.3 Å². The molecule has 0 amide bonds. The number of benzene rings is 1. The summed E-state index contributed by atoms with van der Waals surface area (Å²) in [6.07, 6.45) is 1.18. The van der Waals surface area contributed by atoms with E-state index in [0.717, 1.165) is 9.92 Å². The first kappa shape index (κ1) is 12.4. The van der Waals surface area contributed by atoms with E-state index in [2.05, 4.69) is 6.58 Å². The van der Waals surface area contributed by atoms with Gasteiger partial charge < -0.3 is 0 Å². The number of halogens is 2. The fourth-order valence-electron chi connectivity index (χ4n) is 0.486. The normalized spacial score (nSPS) is 7.77. The van der Waals surface area contributed by atoms with Crippen LogP contribution in [-0.2, 0) is 0 Å². The summed E-state index contributed by atoms with van der Waals surface area (Å²) < 4.78 is 0. The van der Waals surface area contributed by atoms with Gasteiger partial charge in [0.05, 0.1) is 6.07 Å². The topological polar surface area (TPSA) is 23.8 Å². The summed E-state index contributed by atoms with van der Waals surface area (Å²) in [6.45, 7) is 3.12. The van der Waals surface area contributed by atoms with Gasteiger partial charge in [0.1, 0.15) is 0 Å². The van der Waals surface area contributed by atoms with Crippen molar-refractivity contribution in [2.75, 3.05) is 0 Å². The molecule has 0 N–H and O–H groups in total. The van der Waals surface area contributed by atoms with Crippen LogP contribution in [0.4, 0.5) is 0 Å². The molecular formula is C9H7Cl2NS. The Hall–Kier alpha value is -0.620. The highest BCUT2D eigenvalue weighted by Crippen LogP contribution is 2.22. The van der Waals surface area contributed by atoms with E-state index in [-0.39, 0.29) is 0 Å². The SMILES string of the molecule is C=CC#N.ClSc1ccc(Cl)cc1. The second-order valence-electron chi connectivity index (χ2n) is 1.86. The molecule has 1 aromatic rings. The lowest BCUT2D eigenvalue weighted by Crippen LogP contribution is -1.64. The van der Waals surface area contributed by atoms with Crippen molar-refractivity contribution in [3.05, 3.63) is 41.9 Å². The maximum atomic E-state index is 7.51. The van der Waals surface area contributed by atoms with Crippen molar-refractivity contribution in [3.8, 4) is 6.07 Å². The minimum atomic E-state index is 0.740. The lowest BCUT2D eigenvalue weighted by Gasteiger charge is -1.90. The molecule has 0 radical (unpaired) electrons. The van der Waals surface area contributed by atoms with Gasteiger partial charge in [-0.15, -0.1) is 0 Å². The molecule has 0 heterocycles. The van der Waals surface area contributed by atoms with Gasteiger partial charge in [0.2, 0.25) is 0 Å². The van der Waals surface area contributed by atoms with Gasteiger partial charge in [-0.05, 0) is 45.9 Å². The molecule has 0 bridgehead atoms. The van der Waals surface area contributed by atoms with E-state index in [0.29, 0.717) is 0 Å². The van der Waals surface area contributed by atoms with Crippen LogP contribution >= 0.6 is 33.3 Å². The number of allylic oxidation sites excluding steroid dienone is 1. The molecule has 4 heteroatoms. The Labute approximate surface area is 91.5 Å². The largest absolute Gasteiger partial charge is 0.193 e. The quantitative estimate of drug-likeness (QED) is 0.674. The molecule has 0 aliphatic carbocycles. The summed E-state index contributed by atoms with van der Waals surface area (Å²) in [5.41, 5.74) is 0. The lowest BCUT2D eigenvalue weighted by atomic mass is 10.4. The maximum absolute atomic E-state index is 7.51. The average molecular weight is 232 g/mol. The third-order valence-electron chi connectivity index (χ3n) is 0.994. The molecule has 0 aliphatic heterocycles. The fraction of sp³-hybridized carbons (Fsp3) is 0. The van der Waals surface area contributed by atoms with Gasteiger partial charge in [-0.3, -0.25) is 0 Å². The Bertz CT molecular complexity index is 289. The highest BCUT2D eigenvalue weighted by molar-refractivity contribution is 8.21. The van der Waals surface area contributed by atoms with Crippen molar-refractivity contribution in [1.29, 1.82) is 5.26 Å². The fourth-order valence-corrected chi connectivity index (χ4v) is 1.16. The summed E-state index contributed by atoms with van der Waals surface area (Å²) in [4.78, 5) is 1.01. The molecule has 0 aromatic heterocycles. The summed E-state index contributed by atoms with van der Waals surface area (Å²) >= 11 is 5.62. The smallest absolute Gasteiger partial charge is 0.0905 e. The first-order valence-corrected chi connectivity index (χ1v) is 5.31. The molecule has 68 valence electrons. The van der Waals surface area contributed by atoms with Crippen LogP contribution < -0.4 is 0 Å². The monoisotopic (exact) mass is 231 g/mol. The van der Waals surface area contributed by atoms with Crippen molar-refractivity contribution in [1.82, 2.24) is 0 Å². The van der Waals surface area contributed by atoms with Crippen molar-refractivity contribution >= 4 is 33.3 Å². The van der Waals surface area contributed by atoms with Gasteiger partial charge in [0, 0.05) is 16.0 Å². The van der Waals surface area contributed by atoms with Crippen LogP contribution in [0.5, 0.6) is 0 Å². The van der Waals surface area contributed by atoms with E-state index in [9.17, 15) is 0 Å². The third kappa shape index (κ3) is 6.53. The Morgan fingerprint density at radius 3 is 2.15 bits per heavy atom. The number of hydrogen-bond donors (Lipinski definition) is 0.